The average Bonchev–Trinajstić information content (AvgIpc) is 3.39. The van der Waals surface area contributed by atoms with Crippen LogP contribution < -0.4 is 5.32 Å². The number of hydrogen-bond acceptors (Lipinski definition) is 6. The third-order valence-electron chi connectivity index (χ3n) is 5.89. The van der Waals surface area contributed by atoms with Gasteiger partial charge in [0.25, 0.3) is 0 Å². The number of aryl methyl sites for hydroxylation is 2. The molecule has 4 rings (SSSR count). The second-order valence-electron chi connectivity index (χ2n) is 8.73. The minimum atomic E-state index is -3.04. The number of sulfone groups is 1. The van der Waals surface area contributed by atoms with Crippen LogP contribution in [-0.2, 0) is 21.1 Å². The van der Waals surface area contributed by atoms with E-state index in [0.717, 1.165) is 36.1 Å². The van der Waals surface area contributed by atoms with Crippen molar-refractivity contribution in [1.29, 1.82) is 0 Å². The largest absolute Gasteiger partial charge is 0.352 e. The molecule has 1 amide bonds. The number of aromatic nitrogens is 3. The quantitative estimate of drug-likeness (QED) is 0.449. The van der Waals surface area contributed by atoms with Crippen molar-refractivity contribution in [3.05, 3.63) is 59.7 Å². The zero-order chi connectivity index (χ0) is 24.1. The van der Waals surface area contributed by atoms with E-state index in [-0.39, 0.29) is 29.2 Å². The predicted octanol–water partition coefficient (Wildman–Crippen LogP) is 3.98. The molecule has 0 saturated carbocycles. The molecule has 9 heteroatoms. The zero-order valence-electron chi connectivity index (χ0n) is 19.5. The molecule has 7 nitrogen and oxygen atoms in total. The summed E-state index contributed by atoms with van der Waals surface area (Å²) in [6, 6.07) is 16.2. The Labute approximate surface area is 205 Å². The number of carbonyl (C=O) groups is 1. The van der Waals surface area contributed by atoms with Crippen LogP contribution in [0.1, 0.15) is 37.3 Å². The van der Waals surface area contributed by atoms with E-state index in [9.17, 15) is 13.2 Å². The highest BCUT2D eigenvalue weighted by atomic mass is 32.2. The number of carbonyl (C=O) groups excluding carboxylic acids is 1. The van der Waals surface area contributed by atoms with Gasteiger partial charge in [0.2, 0.25) is 5.91 Å². The van der Waals surface area contributed by atoms with Crippen molar-refractivity contribution in [3.63, 3.8) is 0 Å². The van der Waals surface area contributed by atoms with Crippen molar-refractivity contribution in [2.24, 2.45) is 0 Å². The number of hydrogen-bond donors (Lipinski definition) is 1. The van der Waals surface area contributed by atoms with Crippen LogP contribution in [0.15, 0.2) is 53.7 Å². The highest BCUT2D eigenvalue weighted by molar-refractivity contribution is 7.99. The number of thioether (sulfide) groups is 1. The summed E-state index contributed by atoms with van der Waals surface area (Å²) >= 11 is 1.30. The highest BCUT2D eigenvalue weighted by Crippen LogP contribution is 2.28. The zero-order valence-corrected chi connectivity index (χ0v) is 21.2. The summed E-state index contributed by atoms with van der Waals surface area (Å²) in [6.45, 7) is 4.23. The molecule has 2 heterocycles. The molecule has 3 aromatic rings. The van der Waals surface area contributed by atoms with E-state index in [0.29, 0.717) is 17.4 Å². The van der Waals surface area contributed by atoms with Gasteiger partial charge in [0.15, 0.2) is 20.8 Å². The summed E-state index contributed by atoms with van der Waals surface area (Å²) in [4.78, 5) is 12.5. The van der Waals surface area contributed by atoms with Crippen molar-refractivity contribution in [2.75, 3.05) is 17.3 Å². The van der Waals surface area contributed by atoms with Gasteiger partial charge < -0.3 is 5.32 Å². The molecule has 1 N–H and O–H groups in total. The first kappa shape index (κ1) is 24.5. The van der Waals surface area contributed by atoms with Crippen molar-refractivity contribution >= 4 is 27.5 Å². The number of benzene rings is 2. The van der Waals surface area contributed by atoms with Gasteiger partial charge in [-0.2, -0.15) is 0 Å². The third-order valence-corrected chi connectivity index (χ3v) is 8.58. The van der Waals surface area contributed by atoms with E-state index < -0.39 is 9.84 Å². The van der Waals surface area contributed by atoms with Crippen LogP contribution >= 0.6 is 11.8 Å². The first-order chi connectivity index (χ1) is 16.3. The van der Waals surface area contributed by atoms with E-state index in [4.69, 9.17) is 0 Å². The summed E-state index contributed by atoms with van der Waals surface area (Å²) in [5.41, 5.74) is 4.33. The molecule has 1 saturated heterocycles. The second kappa shape index (κ2) is 10.7. The Morgan fingerprint density at radius 2 is 1.85 bits per heavy atom. The van der Waals surface area contributed by atoms with Crippen molar-refractivity contribution in [2.45, 2.75) is 50.7 Å². The van der Waals surface area contributed by atoms with Crippen molar-refractivity contribution in [3.8, 4) is 17.1 Å². The fourth-order valence-electron chi connectivity index (χ4n) is 3.99. The fraction of sp³-hybridized carbons (Fsp3) is 0.400. The van der Waals surface area contributed by atoms with Gasteiger partial charge in [-0.1, -0.05) is 67.1 Å². The summed E-state index contributed by atoms with van der Waals surface area (Å²) in [5, 5.41) is 12.3. The summed E-state index contributed by atoms with van der Waals surface area (Å²) in [6.07, 6.45) is 3.82. The van der Waals surface area contributed by atoms with Crippen molar-refractivity contribution < 1.29 is 13.2 Å². The molecule has 1 aliphatic rings. The Kier molecular flexibility index (Phi) is 7.73. The fourth-order valence-corrected chi connectivity index (χ4v) is 6.42. The Balaban J connectivity index is 1.56. The first-order valence-corrected chi connectivity index (χ1v) is 14.4. The SMILES string of the molecule is CCCCc1ccc(-n2c(SCC(=O)NC3CCS(=O)(=O)C3)nnc2-c2ccc(C)cc2)cc1. The van der Waals surface area contributed by atoms with Crippen LogP contribution in [-0.4, -0.2) is 52.4 Å². The van der Waals surface area contributed by atoms with E-state index in [1.165, 1.54) is 17.3 Å². The Morgan fingerprint density at radius 3 is 2.50 bits per heavy atom. The van der Waals surface area contributed by atoms with Gasteiger partial charge in [-0.05, 0) is 43.9 Å². The summed E-state index contributed by atoms with van der Waals surface area (Å²) in [7, 11) is -3.04. The van der Waals surface area contributed by atoms with Crippen LogP contribution in [0.5, 0.6) is 0 Å². The highest BCUT2D eigenvalue weighted by Gasteiger charge is 2.29. The number of unbranched alkanes of at least 4 members (excludes halogenated alkanes) is 1. The minimum absolute atomic E-state index is 0.0154. The molecule has 0 bridgehead atoms. The number of nitrogens with zero attached hydrogens (tertiary/aromatic N) is 3. The van der Waals surface area contributed by atoms with Crippen LogP contribution in [0.3, 0.4) is 0 Å². The maximum Gasteiger partial charge on any atom is 0.230 e. The molecule has 0 aliphatic carbocycles. The van der Waals surface area contributed by atoms with Gasteiger partial charge in [-0.25, -0.2) is 8.42 Å². The predicted molar refractivity (Wildman–Crippen MR) is 136 cm³/mol. The van der Waals surface area contributed by atoms with Gasteiger partial charge >= 0.3 is 0 Å². The normalized spacial score (nSPS) is 17.1. The monoisotopic (exact) mass is 498 g/mol. The molecule has 1 atom stereocenters. The minimum Gasteiger partial charge on any atom is -0.352 e. The Hall–Kier alpha value is -2.65. The van der Waals surface area contributed by atoms with E-state index >= 15 is 0 Å². The molecule has 34 heavy (non-hydrogen) atoms. The Morgan fingerprint density at radius 1 is 1.12 bits per heavy atom. The van der Waals surface area contributed by atoms with E-state index in [1.54, 1.807) is 0 Å². The molecular weight excluding hydrogens is 468 g/mol. The number of rotatable bonds is 9. The van der Waals surface area contributed by atoms with Gasteiger partial charge in [0, 0.05) is 17.3 Å². The molecule has 180 valence electrons. The molecule has 0 spiro atoms. The summed E-state index contributed by atoms with van der Waals surface area (Å²) in [5.74, 6) is 0.797. The molecule has 1 fully saturated rings. The van der Waals surface area contributed by atoms with E-state index in [2.05, 4.69) is 46.7 Å². The maximum absolute atomic E-state index is 12.5. The lowest BCUT2D eigenvalue weighted by atomic mass is 10.1. The lowest BCUT2D eigenvalue weighted by molar-refractivity contribution is -0.119. The summed E-state index contributed by atoms with van der Waals surface area (Å²) < 4.78 is 25.3. The standard InChI is InChI=1S/C25H30N4O3S2/c1-3-4-5-19-8-12-22(13-9-19)29-24(20-10-6-18(2)7-11-20)27-28-25(29)33-16-23(30)26-21-14-15-34(31,32)17-21/h6-13,21H,3-5,14-17H2,1-2H3,(H,26,30). The first-order valence-electron chi connectivity index (χ1n) is 11.6. The number of nitrogens with one attached hydrogen (secondary N) is 1. The lowest BCUT2D eigenvalue weighted by Gasteiger charge is -2.13. The second-order valence-corrected chi connectivity index (χ2v) is 11.9. The molecular formula is C25H30N4O3S2. The third kappa shape index (κ3) is 6.07. The topological polar surface area (TPSA) is 94.0 Å². The smallest absolute Gasteiger partial charge is 0.230 e. The maximum atomic E-state index is 12.5. The molecule has 1 aromatic heterocycles. The average molecular weight is 499 g/mol. The van der Waals surface area contributed by atoms with Crippen LogP contribution in [0, 0.1) is 6.92 Å². The number of amides is 1. The van der Waals surface area contributed by atoms with Gasteiger partial charge in [-0.15, -0.1) is 10.2 Å². The molecule has 2 aromatic carbocycles. The Bertz CT molecular complexity index is 1240. The van der Waals surface area contributed by atoms with Crippen molar-refractivity contribution in [1.82, 2.24) is 20.1 Å². The van der Waals surface area contributed by atoms with Gasteiger partial charge in [0.05, 0.1) is 17.3 Å². The lowest BCUT2D eigenvalue weighted by Crippen LogP contribution is -2.36. The van der Waals surface area contributed by atoms with Gasteiger partial charge in [0.1, 0.15) is 0 Å². The van der Waals surface area contributed by atoms with Crippen LogP contribution in [0.2, 0.25) is 0 Å². The van der Waals surface area contributed by atoms with E-state index in [1.807, 2.05) is 35.8 Å². The van der Waals surface area contributed by atoms with Crippen LogP contribution in [0.4, 0.5) is 0 Å². The molecule has 0 radical (unpaired) electrons. The molecule has 1 aliphatic heterocycles. The van der Waals surface area contributed by atoms with Crippen LogP contribution in [0.25, 0.3) is 17.1 Å². The van der Waals surface area contributed by atoms with Gasteiger partial charge in [-0.3, -0.25) is 9.36 Å². The molecule has 1 unspecified atom stereocenters.